The lowest BCUT2D eigenvalue weighted by Crippen LogP contribution is -2.06. The summed E-state index contributed by atoms with van der Waals surface area (Å²) in [5.41, 5.74) is 1.47. The minimum atomic E-state index is -0.475. The maximum Gasteiger partial charge on any atom is 0.310 e. The lowest BCUT2D eigenvalue weighted by molar-refractivity contribution is -0.139. The van der Waals surface area contributed by atoms with Crippen LogP contribution in [0, 0.1) is 5.82 Å². The van der Waals surface area contributed by atoms with Crippen LogP contribution in [0.5, 0.6) is 0 Å². The van der Waals surface area contributed by atoms with Crippen molar-refractivity contribution in [1.29, 1.82) is 0 Å². The molecule has 84 valence electrons. The van der Waals surface area contributed by atoms with Crippen molar-refractivity contribution in [2.45, 2.75) is 6.42 Å². The molecule has 0 saturated heterocycles. The van der Waals surface area contributed by atoms with Gasteiger partial charge >= 0.3 is 5.97 Å². The third-order valence-corrected chi connectivity index (χ3v) is 2.56. The van der Waals surface area contributed by atoms with E-state index in [1.165, 1.54) is 13.2 Å². The standard InChI is InChI=1S/C10H8BrFN2O2/c1-16-9(15)3-5-2-7-8(4-6(5)12)14-10(11)13-7/h2,4H,3H2,1H3,(H,13,14). The van der Waals surface area contributed by atoms with E-state index in [9.17, 15) is 9.18 Å². The van der Waals surface area contributed by atoms with Crippen LogP contribution in [-0.2, 0) is 16.0 Å². The zero-order chi connectivity index (χ0) is 11.7. The van der Waals surface area contributed by atoms with Crippen LogP contribution in [-0.4, -0.2) is 23.0 Å². The first-order chi connectivity index (χ1) is 7.60. The first-order valence-electron chi connectivity index (χ1n) is 4.50. The highest BCUT2D eigenvalue weighted by atomic mass is 79.9. The molecule has 0 fully saturated rings. The molecule has 0 radical (unpaired) electrons. The third kappa shape index (κ3) is 2.06. The third-order valence-electron chi connectivity index (χ3n) is 2.18. The number of benzene rings is 1. The molecule has 1 aromatic carbocycles. The number of ether oxygens (including phenoxy) is 1. The number of methoxy groups -OCH3 is 1. The lowest BCUT2D eigenvalue weighted by Gasteiger charge is -2.01. The molecule has 0 bridgehead atoms. The van der Waals surface area contributed by atoms with Gasteiger partial charge in [0, 0.05) is 11.6 Å². The molecule has 0 saturated carbocycles. The number of halogens is 2. The number of hydrogen-bond acceptors (Lipinski definition) is 3. The number of aromatic nitrogens is 2. The number of hydrogen-bond donors (Lipinski definition) is 1. The van der Waals surface area contributed by atoms with Gasteiger partial charge in [-0.2, -0.15) is 0 Å². The van der Waals surface area contributed by atoms with Gasteiger partial charge in [-0.05, 0) is 22.0 Å². The highest BCUT2D eigenvalue weighted by molar-refractivity contribution is 9.10. The Morgan fingerprint density at radius 2 is 2.38 bits per heavy atom. The normalized spacial score (nSPS) is 10.7. The monoisotopic (exact) mass is 286 g/mol. The number of carbonyl (C=O) groups is 1. The van der Waals surface area contributed by atoms with Crippen molar-refractivity contribution >= 4 is 32.9 Å². The average molecular weight is 287 g/mol. The van der Waals surface area contributed by atoms with Crippen LogP contribution in [0.3, 0.4) is 0 Å². The fraction of sp³-hybridized carbons (Fsp3) is 0.200. The van der Waals surface area contributed by atoms with Crippen LogP contribution in [0.2, 0.25) is 0 Å². The van der Waals surface area contributed by atoms with E-state index in [0.29, 0.717) is 15.8 Å². The fourth-order valence-corrected chi connectivity index (χ4v) is 1.81. The number of aromatic amines is 1. The summed E-state index contributed by atoms with van der Waals surface area (Å²) in [5.74, 6) is -0.936. The van der Waals surface area contributed by atoms with E-state index in [1.807, 2.05) is 0 Å². The van der Waals surface area contributed by atoms with Gasteiger partial charge in [0.1, 0.15) is 5.82 Å². The van der Waals surface area contributed by atoms with Crippen molar-refractivity contribution in [3.63, 3.8) is 0 Å². The molecule has 0 atom stereocenters. The van der Waals surface area contributed by atoms with Crippen LogP contribution in [0.25, 0.3) is 11.0 Å². The van der Waals surface area contributed by atoms with E-state index >= 15 is 0 Å². The Kier molecular flexibility index (Phi) is 2.91. The molecule has 1 N–H and O–H groups in total. The Hall–Kier alpha value is -1.43. The molecule has 1 aromatic heterocycles. The highest BCUT2D eigenvalue weighted by Crippen LogP contribution is 2.20. The van der Waals surface area contributed by atoms with Crippen LogP contribution in [0.1, 0.15) is 5.56 Å². The zero-order valence-electron chi connectivity index (χ0n) is 8.38. The van der Waals surface area contributed by atoms with Gasteiger partial charge in [0.15, 0.2) is 4.73 Å². The summed E-state index contributed by atoms with van der Waals surface area (Å²) < 4.78 is 18.6. The smallest absolute Gasteiger partial charge is 0.310 e. The van der Waals surface area contributed by atoms with Crippen molar-refractivity contribution in [3.8, 4) is 0 Å². The molecule has 4 nitrogen and oxygen atoms in total. The number of nitrogens with zero attached hydrogens (tertiary/aromatic N) is 1. The molecule has 0 aliphatic heterocycles. The van der Waals surface area contributed by atoms with Gasteiger partial charge in [-0.1, -0.05) is 0 Å². The highest BCUT2D eigenvalue weighted by Gasteiger charge is 2.11. The second kappa shape index (κ2) is 4.21. The topological polar surface area (TPSA) is 55.0 Å². The van der Waals surface area contributed by atoms with Gasteiger partial charge < -0.3 is 9.72 Å². The molecule has 2 rings (SSSR count). The van der Waals surface area contributed by atoms with E-state index in [4.69, 9.17) is 0 Å². The zero-order valence-corrected chi connectivity index (χ0v) is 9.97. The van der Waals surface area contributed by atoms with Gasteiger partial charge in [0.25, 0.3) is 0 Å². The number of fused-ring (bicyclic) bond motifs is 1. The minimum absolute atomic E-state index is 0.0884. The van der Waals surface area contributed by atoms with Gasteiger partial charge in [-0.25, -0.2) is 9.37 Å². The van der Waals surface area contributed by atoms with Crippen LogP contribution >= 0.6 is 15.9 Å². The van der Waals surface area contributed by atoms with Crippen molar-refractivity contribution < 1.29 is 13.9 Å². The molecule has 0 unspecified atom stereocenters. The maximum absolute atomic E-state index is 13.5. The van der Waals surface area contributed by atoms with Crippen molar-refractivity contribution in [2.75, 3.05) is 7.11 Å². The van der Waals surface area contributed by atoms with E-state index in [-0.39, 0.29) is 12.0 Å². The van der Waals surface area contributed by atoms with E-state index in [1.54, 1.807) is 6.07 Å². The first kappa shape index (κ1) is 11.1. The van der Waals surface area contributed by atoms with Crippen LogP contribution in [0.15, 0.2) is 16.9 Å². The summed E-state index contributed by atoms with van der Waals surface area (Å²) in [4.78, 5) is 18.0. The molecule has 0 aliphatic rings. The summed E-state index contributed by atoms with van der Waals surface area (Å²) in [6.45, 7) is 0. The summed E-state index contributed by atoms with van der Waals surface area (Å²) >= 11 is 3.16. The largest absolute Gasteiger partial charge is 0.469 e. The molecular weight excluding hydrogens is 279 g/mol. The number of rotatable bonds is 2. The summed E-state index contributed by atoms with van der Waals surface area (Å²) in [5, 5.41) is 0. The number of nitrogens with one attached hydrogen (secondary N) is 1. The number of esters is 1. The maximum atomic E-state index is 13.5. The van der Waals surface area contributed by atoms with Gasteiger partial charge in [0.05, 0.1) is 24.6 Å². The Morgan fingerprint density at radius 3 is 3.06 bits per heavy atom. The van der Waals surface area contributed by atoms with Crippen molar-refractivity contribution in [3.05, 3.63) is 28.2 Å². The predicted octanol–water partition coefficient (Wildman–Crippen LogP) is 2.18. The second-order valence-corrected chi connectivity index (χ2v) is 3.99. The molecule has 2 aromatic rings. The molecule has 0 amide bonds. The average Bonchev–Trinajstić information content (AvgIpc) is 2.58. The summed E-state index contributed by atoms with van der Waals surface area (Å²) in [6, 6.07) is 2.84. The predicted molar refractivity (Wildman–Crippen MR) is 59.5 cm³/mol. The first-order valence-corrected chi connectivity index (χ1v) is 5.30. The Morgan fingerprint density at radius 1 is 1.62 bits per heavy atom. The SMILES string of the molecule is COC(=O)Cc1cc2[nH]c(Br)nc2cc1F. The van der Waals surface area contributed by atoms with Crippen LogP contribution in [0.4, 0.5) is 4.39 Å². The lowest BCUT2D eigenvalue weighted by atomic mass is 10.1. The number of imidazole rings is 1. The van der Waals surface area contributed by atoms with Crippen molar-refractivity contribution in [1.82, 2.24) is 9.97 Å². The molecule has 16 heavy (non-hydrogen) atoms. The second-order valence-electron chi connectivity index (χ2n) is 3.24. The summed E-state index contributed by atoms with van der Waals surface area (Å²) in [6.07, 6.45) is -0.0884. The number of carbonyl (C=O) groups excluding carboxylic acids is 1. The Labute approximate surface area is 98.9 Å². The molecule has 0 spiro atoms. The summed E-state index contributed by atoms with van der Waals surface area (Å²) in [7, 11) is 1.27. The van der Waals surface area contributed by atoms with E-state index in [0.717, 1.165) is 0 Å². The quantitative estimate of drug-likeness (QED) is 0.861. The Balaban J connectivity index is 2.45. The van der Waals surface area contributed by atoms with E-state index < -0.39 is 11.8 Å². The molecule has 0 aliphatic carbocycles. The Bertz CT molecular complexity index is 553. The van der Waals surface area contributed by atoms with Crippen molar-refractivity contribution in [2.24, 2.45) is 0 Å². The number of H-pyrrole nitrogens is 1. The van der Waals surface area contributed by atoms with Crippen LogP contribution < -0.4 is 0 Å². The van der Waals surface area contributed by atoms with Gasteiger partial charge in [0.2, 0.25) is 0 Å². The van der Waals surface area contributed by atoms with E-state index in [2.05, 4.69) is 30.6 Å². The van der Waals surface area contributed by atoms with Gasteiger partial charge in [-0.3, -0.25) is 4.79 Å². The van der Waals surface area contributed by atoms with Gasteiger partial charge in [-0.15, -0.1) is 0 Å². The molecule has 1 heterocycles. The minimum Gasteiger partial charge on any atom is -0.469 e. The fourth-order valence-electron chi connectivity index (χ4n) is 1.41. The molecule has 6 heteroatoms. The molecular formula is C10H8BrFN2O2.